The number of nitrogens with one attached hydrogen (secondary N) is 1. The maximum Gasteiger partial charge on any atom is 0.338 e. The number of hydrogen-bond acceptors (Lipinski definition) is 6. The molecule has 6 nitrogen and oxygen atoms in total. The summed E-state index contributed by atoms with van der Waals surface area (Å²) >= 11 is 1.26. The predicted octanol–water partition coefficient (Wildman–Crippen LogP) is 3.76. The molecule has 1 saturated heterocycles. The minimum Gasteiger partial charge on any atom is -0.497 e. The summed E-state index contributed by atoms with van der Waals surface area (Å²) in [4.78, 5) is 28.8. The van der Waals surface area contributed by atoms with Gasteiger partial charge in [0, 0.05) is 0 Å². The maximum atomic E-state index is 12.2. The van der Waals surface area contributed by atoms with E-state index in [1.165, 1.54) is 11.8 Å². The number of carbonyl (C=O) groups is 2. The SMILES string of the molecule is CCOC(=O)c1ccc(N=C2NC(=O)/C(=C/c3ccc(OC)cc3)S2)cc1. The molecule has 1 heterocycles. The number of hydrogen-bond donors (Lipinski definition) is 1. The first kappa shape index (κ1) is 18.7. The summed E-state index contributed by atoms with van der Waals surface area (Å²) in [6, 6.07) is 14.1. The van der Waals surface area contributed by atoms with E-state index in [4.69, 9.17) is 9.47 Å². The number of amides is 1. The van der Waals surface area contributed by atoms with Crippen LogP contribution in [-0.4, -0.2) is 30.8 Å². The van der Waals surface area contributed by atoms with E-state index in [9.17, 15) is 9.59 Å². The monoisotopic (exact) mass is 382 g/mol. The van der Waals surface area contributed by atoms with Crippen molar-refractivity contribution in [3.8, 4) is 5.75 Å². The molecule has 0 atom stereocenters. The van der Waals surface area contributed by atoms with Crippen LogP contribution in [0, 0.1) is 0 Å². The third-order valence-electron chi connectivity index (χ3n) is 3.67. The molecule has 2 aromatic carbocycles. The van der Waals surface area contributed by atoms with Gasteiger partial charge in [-0.2, -0.15) is 0 Å². The van der Waals surface area contributed by atoms with Gasteiger partial charge in [-0.15, -0.1) is 0 Å². The molecule has 0 spiro atoms. The van der Waals surface area contributed by atoms with Gasteiger partial charge in [-0.25, -0.2) is 9.79 Å². The van der Waals surface area contributed by atoms with Crippen LogP contribution in [0.5, 0.6) is 5.75 Å². The highest BCUT2D eigenvalue weighted by molar-refractivity contribution is 8.18. The van der Waals surface area contributed by atoms with Crippen LogP contribution in [0.2, 0.25) is 0 Å². The van der Waals surface area contributed by atoms with Gasteiger partial charge < -0.3 is 14.8 Å². The fraction of sp³-hybridized carbons (Fsp3) is 0.150. The van der Waals surface area contributed by atoms with E-state index in [1.807, 2.05) is 24.3 Å². The highest BCUT2D eigenvalue weighted by Crippen LogP contribution is 2.28. The minimum atomic E-state index is -0.370. The summed E-state index contributed by atoms with van der Waals surface area (Å²) in [6.07, 6.45) is 1.80. The topological polar surface area (TPSA) is 77.0 Å². The van der Waals surface area contributed by atoms with Crippen molar-refractivity contribution in [2.24, 2.45) is 4.99 Å². The molecule has 138 valence electrons. The smallest absolute Gasteiger partial charge is 0.338 e. The normalized spacial score (nSPS) is 16.4. The molecule has 7 heteroatoms. The van der Waals surface area contributed by atoms with Gasteiger partial charge >= 0.3 is 5.97 Å². The van der Waals surface area contributed by atoms with Crippen LogP contribution in [0.25, 0.3) is 6.08 Å². The highest BCUT2D eigenvalue weighted by atomic mass is 32.2. The van der Waals surface area contributed by atoms with Crippen molar-refractivity contribution in [3.63, 3.8) is 0 Å². The molecule has 0 aliphatic carbocycles. The minimum absolute atomic E-state index is 0.197. The fourth-order valence-electron chi connectivity index (χ4n) is 2.34. The van der Waals surface area contributed by atoms with Crippen molar-refractivity contribution in [3.05, 3.63) is 64.6 Å². The van der Waals surface area contributed by atoms with E-state index in [-0.39, 0.29) is 11.9 Å². The summed E-state index contributed by atoms with van der Waals surface area (Å²) in [6.45, 7) is 2.09. The first-order valence-corrected chi connectivity index (χ1v) is 9.11. The van der Waals surface area contributed by atoms with Gasteiger partial charge in [-0.3, -0.25) is 4.79 Å². The third kappa shape index (κ3) is 4.77. The Bertz CT molecular complexity index is 903. The summed E-state index contributed by atoms with van der Waals surface area (Å²) in [5.74, 6) is 0.192. The van der Waals surface area contributed by atoms with Gasteiger partial charge in [0.2, 0.25) is 0 Å². The van der Waals surface area contributed by atoms with Gasteiger partial charge in [0.1, 0.15) is 5.75 Å². The number of aliphatic imine (C=N–C) groups is 1. The predicted molar refractivity (Wildman–Crippen MR) is 106 cm³/mol. The van der Waals surface area contributed by atoms with Crippen LogP contribution in [0.15, 0.2) is 58.4 Å². The maximum absolute atomic E-state index is 12.2. The van der Waals surface area contributed by atoms with Gasteiger partial charge in [-0.05, 0) is 66.7 Å². The van der Waals surface area contributed by atoms with Crippen molar-refractivity contribution >= 4 is 40.6 Å². The fourth-order valence-corrected chi connectivity index (χ4v) is 3.18. The summed E-state index contributed by atoms with van der Waals surface area (Å²) in [7, 11) is 1.61. The zero-order valence-electron chi connectivity index (χ0n) is 14.9. The van der Waals surface area contributed by atoms with Crippen LogP contribution >= 0.6 is 11.8 Å². The molecule has 1 amide bonds. The van der Waals surface area contributed by atoms with Crippen LogP contribution < -0.4 is 10.1 Å². The molecule has 27 heavy (non-hydrogen) atoms. The Morgan fingerprint density at radius 3 is 2.48 bits per heavy atom. The molecule has 1 N–H and O–H groups in total. The zero-order valence-corrected chi connectivity index (χ0v) is 15.7. The van der Waals surface area contributed by atoms with E-state index < -0.39 is 0 Å². The van der Waals surface area contributed by atoms with E-state index in [2.05, 4.69) is 10.3 Å². The molecule has 0 aromatic heterocycles. The van der Waals surface area contributed by atoms with Crippen molar-refractivity contribution in [2.45, 2.75) is 6.92 Å². The average Bonchev–Trinajstić information content (AvgIpc) is 3.02. The van der Waals surface area contributed by atoms with E-state index in [0.29, 0.717) is 27.9 Å². The van der Waals surface area contributed by atoms with Gasteiger partial charge in [0.15, 0.2) is 5.17 Å². The lowest BCUT2D eigenvalue weighted by atomic mass is 10.2. The largest absolute Gasteiger partial charge is 0.497 e. The van der Waals surface area contributed by atoms with Crippen molar-refractivity contribution in [1.82, 2.24) is 5.32 Å². The second kappa shape index (κ2) is 8.55. The van der Waals surface area contributed by atoms with Crippen LogP contribution in [0.1, 0.15) is 22.8 Å². The molecule has 0 radical (unpaired) electrons. The number of carbonyl (C=O) groups excluding carboxylic acids is 2. The number of rotatable bonds is 5. The Morgan fingerprint density at radius 2 is 1.85 bits per heavy atom. The molecule has 2 aromatic rings. The second-order valence-electron chi connectivity index (χ2n) is 5.52. The number of thioether (sulfide) groups is 1. The van der Waals surface area contributed by atoms with E-state index >= 15 is 0 Å². The van der Waals surface area contributed by atoms with Gasteiger partial charge in [-0.1, -0.05) is 12.1 Å². The Balaban J connectivity index is 1.72. The summed E-state index contributed by atoms with van der Waals surface area (Å²) < 4.78 is 10.1. The molecule has 0 unspecified atom stereocenters. The third-order valence-corrected chi connectivity index (χ3v) is 4.58. The van der Waals surface area contributed by atoms with Crippen molar-refractivity contribution < 1.29 is 19.1 Å². The molecular formula is C20H18N2O4S. The Kier molecular flexibility index (Phi) is 5.93. The first-order chi connectivity index (χ1) is 13.1. The molecule has 3 rings (SSSR count). The first-order valence-electron chi connectivity index (χ1n) is 8.30. The molecule has 0 saturated carbocycles. The Hall–Kier alpha value is -3.06. The van der Waals surface area contributed by atoms with Gasteiger partial charge in [0.05, 0.1) is 29.9 Å². The Morgan fingerprint density at radius 1 is 1.15 bits per heavy atom. The lowest BCUT2D eigenvalue weighted by Gasteiger charge is -2.02. The van der Waals surface area contributed by atoms with E-state index in [0.717, 1.165) is 11.3 Å². The zero-order chi connectivity index (χ0) is 19.2. The number of amidine groups is 1. The van der Waals surface area contributed by atoms with Crippen LogP contribution in [0.3, 0.4) is 0 Å². The molecule has 1 fully saturated rings. The average molecular weight is 382 g/mol. The van der Waals surface area contributed by atoms with E-state index in [1.54, 1.807) is 44.4 Å². The number of nitrogens with zero attached hydrogens (tertiary/aromatic N) is 1. The highest BCUT2D eigenvalue weighted by Gasteiger charge is 2.23. The van der Waals surface area contributed by atoms with Gasteiger partial charge in [0.25, 0.3) is 5.91 Å². The second-order valence-corrected chi connectivity index (χ2v) is 6.55. The Labute approximate surface area is 161 Å². The summed E-state index contributed by atoms with van der Waals surface area (Å²) in [5.41, 5.74) is 1.99. The number of benzene rings is 2. The summed E-state index contributed by atoms with van der Waals surface area (Å²) in [5, 5.41) is 3.23. The lowest BCUT2D eigenvalue weighted by molar-refractivity contribution is -0.115. The lowest BCUT2D eigenvalue weighted by Crippen LogP contribution is -2.19. The molecule has 1 aliphatic heterocycles. The number of ether oxygens (including phenoxy) is 2. The number of methoxy groups -OCH3 is 1. The van der Waals surface area contributed by atoms with Crippen LogP contribution in [0.4, 0.5) is 5.69 Å². The molecule has 0 bridgehead atoms. The quantitative estimate of drug-likeness (QED) is 0.629. The molecular weight excluding hydrogens is 364 g/mol. The number of esters is 1. The van der Waals surface area contributed by atoms with Crippen molar-refractivity contribution in [2.75, 3.05) is 13.7 Å². The van der Waals surface area contributed by atoms with Crippen LogP contribution in [-0.2, 0) is 9.53 Å². The standard InChI is InChI=1S/C20H18N2O4S/c1-3-26-19(24)14-6-8-15(9-7-14)21-20-22-18(23)17(27-20)12-13-4-10-16(25-2)11-5-13/h4-12H,3H2,1-2H3,(H,21,22,23)/b17-12-. The van der Waals surface area contributed by atoms with Crippen molar-refractivity contribution in [1.29, 1.82) is 0 Å². The molecule has 1 aliphatic rings.